The Morgan fingerprint density at radius 3 is 3.10 bits per heavy atom. The van der Waals surface area contributed by atoms with Crippen molar-refractivity contribution in [2.45, 2.75) is 26.3 Å². The summed E-state index contributed by atoms with van der Waals surface area (Å²) in [6, 6.07) is 5.32. The summed E-state index contributed by atoms with van der Waals surface area (Å²) >= 11 is 0. The second kappa shape index (κ2) is 5.25. The van der Waals surface area contributed by atoms with E-state index in [1.54, 1.807) is 12.1 Å². The minimum Gasteiger partial charge on any atom is -0.478 e. The van der Waals surface area contributed by atoms with E-state index in [-0.39, 0.29) is 5.56 Å². The molecular weight excluding hydrogens is 256 g/mol. The molecule has 5 nitrogen and oxygen atoms in total. The lowest BCUT2D eigenvalue weighted by atomic mass is 10.0. The molecule has 3 rings (SSSR count). The van der Waals surface area contributed by atoms with Crippen molar-refractivity contribution in [1.82, 2.24) is 9.55 Å². The molecule has 2 heterocycles. The molecule has 2 aromatic rings. The van der Waals surface area contributed by atoms with Crippen LogP contribution in [-0.2, 0) is 11.3 Å². The van der Waals surface area contributed by atoms with Crippen molar-refractivity contribution in [2.75, 3.05) is 13.2 Å². The van der Waals surface area contributed by atoms with Gasteiger partial charge in [-0.2, -0.15) is 0 Å². The van der Waals surface area contributed by atoms with Crippen LogP contribution >= 0.6 is 0 Å². The molecule has 0 spiro atoms. The van der Waals surface area contributed by atoms with Gasteiger partial charge in [-0.3, -0.25) is 0 Å². The summed E-state index contributed by atoms with van der Waals surface area (Å²) in [5.74, 6) is 0.411. The molecule has 106 valence electrons. The predicted molar refractivity (Wildman–Crippen MR) is 75.0 cm³/mol. The molecule has 1 unspecified atom stereocenters. The monoisotopic (exact) mass is 274 g/mol. The number of para-hydroxylation sites is 1. The number of ether oxygens (including phenoxy) is 1. The first-order chi connectivity index (χ1) is 9.66. The Labute approximate surface area is 117 Å². The fraction of sp³-hybridized carbons (Fsp3) is 0.467. The van der Waals surface area contributed by atoms with E-state index in [1.165, 1.54) is 0 Å². The van der Waals surface area contributed by atoms with Gasteiger partial charge in [0, 0.05) is 19.1 Å². The highest BCUT2D eigenvalue weighted by Crippen LogP contribution is 2.23. The zero-order valence-electron chi connectivity index (χ0n) is 11.5. The quantitative estimate of drug-likeness (QED) is 0.933. The molecule has 1 aliphatic heterocycles. The van der Waals surface area contributed by atoms with Gasteiger partial charge in [-0.1, -0.05) is 6.07 Å². The Bertz CT molecular complexity index is 642. The SMILES string of the molecule is Cc1nc2c(C(=O)O)cccc2n1CC1CCCOC1. The van der Waals surface area contributed by atoms with Crippen molar-refractivity contribution in [1.29, 1.82) is 0 Å². The first-order valence-corrected chi connectivity index (χ1v) is 6.93. The average molecular weight is 274 g/mol. The number of fused-ring (bicyclic) bond motifs is 1. The molecule has 0 radical (unpaired) electrons. The molecule has 0 bridgehead atoms. The molecule has 1 saturated heterocycles. The molecule has 20 heavy (non-hydrogen) atoms. The van der Waals surface area contributed by atoms with Gasteiger partial charge in [-0.15, -0.1) is 0 Å². The number of carbonyl (C=O) groups is 1. The molecule has 1 aromatic carbocycles. The van der Waals surface area contributed by atoms with Crippen molar-refractivity contribution in [2.24, 2.45) is 5.92 Å². The third-order valence-electron chi connectivity index (χ3n) is 3.90. The maximum Gasteiger partial charge on any atom is 0.337 e. The van der Waals surface area contributed by atoms with E-state index >= 15 is 0 Å². The van der Waals surface area contributed by atoms with Gasteiger partial charge in [0.15, 0.2) is 0 Å². The highest BCUT2D eigenvalue weighted by atomic mass is 16.5. The van der Waals surface area contributed by atoms with Gasteiger partial charge in [0.1, 0.15) is 11.3 Å². The highest BCUT2D eigenvalue weighted by Gasteiger charge is 2.19. The van der Waals surface area contributed by atoms with Gasteiger partial charge < -0.3 is 14.4 Å². The van der Waals surface area contributed by atoms with Gasteiger partial charge in [0.2, 0.25) is 0 Å². The van der Waals surface area contributed by atoms with Gasteiger partial charge in [-0.05, 0) is 31.9 Å². The van der Waals surface area contributed by atoms with Gasteiger partial charge >= 0.3 is 5.97 Å². The van der Waals surface area contributed by atoms with Crippen LogP contribution < -0.4 is 0 Å². The first-order valence-electron chi connectivity index (χ1n) is 6.93. The van der Waals surface area contributed by atoms with Crippen molar-refractivity contribution < 1.29 is 14.6 Å². The number of hydrogen-bond donors (Lipinski definition) is 1. The van der Waals surface area contributed by atoms with Gasteiger partial charge in [0.05, 0.1) is 17.7 Å². The lowest BCUT2D eigenvalue weighted by Crippen LogP contribution is -2.22. The van der Waals surface area contributed by atoms with Crippen LogP contribution in [0.2, 0.25) is 0 Å². The van der Waals surface area contributed by atoms with Crippen molar-refractivity contribution in [3.8, 4) is 0 Å². The van der Waals surface area contributed by atoms with Crippen LogP contribution in [0.25, 0.3) is 11.0 Å². The lowest BCUT2D eigenvalue weighted by molar-refractivity contribution is 0.0486. The fourth-order valence-corrected chi connectivity index (χ4v) is 2.88. The summed E-state index contributed by atoms with van der Waals surface area (Å²) in [6.07, 6.45) is 2.24. The zero-order chi connectivity index (χ0) is 14.1. The van der Waals surface area contributed by atoms with Crippen LogP contribution in [0.1, 0.15) is 29.0 Å². The van der Waals surface area contributed by atoms with Gasteiger partial charge in [-0.25, -0.2) is 9.78 Å². The van der Waals surface area contributed by atoms with Crippen molar-refractivity contribution in [3.63, 3.8) is 0 Å². The van der Waals surface area contributed by atoms with Crippen molar-refractivity contribution in [3.05, 3.63) is 29.6 Å². The van der Waals surface area contributed by atoms with E-state index in [9.17, 15) is 9.90 Å². The Morgan fingerprint density at radius 1 is 1.55 bits per heavy atom. The molecule has 5 heteroatoms. The highest BCUT2D eigenvalue weighted by molar-refractivity contribution is 6.01. The zero-order valence-corrected chi connectivity index (χ0v) is 11.5. The van der Waals surface area contributed by atoms with Crippen LogP contribution in [0.5, 0.6) is 0 Å². The number of carboxylic acids is 1. The summed E-state index contributed by atoms with van der Waals surface area (Å²) in [7, 11) is 0. The maximum atomic E-state index is 11.3. The van der Waals surface area contributed by atoms with E-state index in [0.29, 0.717) is 11.4 Å². The third kappa shape index (κ3) is 2.29. The minimum atomic E-state index is -0.929. The molecule has 1 aliphatic rings. The Kier molecular flexibility index (Phi) is 3.44. The number of aryl methyl sites for hydroxylation is 1. The molecule has 1 aromatic heterocycles. The predicted octanol–water partition coefficient (Wildman–Crippen LogP) is 2.47. The number of hydrogen-bond acceptors (Lipinski definition) is 3. The standard InChI is InChI=1S/C15H18N2O3/c1-10-16-14-12(15(18)19)5-2-6-13(14)17(10)8-11-4-3-7-20-9-11/h2,5-6,11H,3-4,7-9H2,1H3,(H,18,19). The normalized spacial score (nSPS) is 19.4. The smallest absolute Gasteiger partial charge is 0.337 e. The van der Waals surface area contributed by atoms with E-state index in [1.807, 2.05) is 13.0 Å². The minimum absolute atomic E-state index is 0.268. The average Bonchev–Trinajstić information content (AvgIpc) is 2.76. The largest absolute Gasteiger partial charge is 0.478 e. The van der Waals surface area contributed by atoms with Crippen LogP contribution in [0.15, 0.2) is 18.2 Å². The number of nitrogens with zero attached hydrogens (tertiary/aromatic N) is 2. The Balaban J connectivity index is 2.00. The molecule has 0 aliphatic carbocycles. The fourth-order valence-electron chi connectivity index (χ4n) is 2.88. The number of imidazole rings is 1. The summed E-state index contributed by atoms with van der Waals surface area (Å²) < 4.78 is 7.63. The number of benzene rings is 1. The summed E-state index contributed by atoms with van der Waals surface area (Å²) in [5.41, 5.74) is 1.74. The molecule has 0 saturated carbocycles. The second-order valence-corrected chi connectivity index (χ2v) is 5.33. The van der Waals surface area contributed by atoms with E-state index in [0.717, 1.165) is 43.9 Å². The van der Waals surface area contributed by atoms with Crippen LogP contribution in [0, 0.1) is 12.8 Å². The Morgan fingerprint density at radius 2 is 2.40 bits per heavy atom. The second-order valence-electron chi connectivity index (χ2n) is 5.33. The van der Waals surface area contributed by atoms with E-state index in [2.05, 4.69) is 9.55 Å². The summed E-state index contributed by atoms with van der Waals surface area (Å²) in [5, 5.41) is 9.24. The summed E-state index contributed by atoms with van der Waals surface area (Å²) in [6.45, 7) is 4.39. The number of aromatic carboxylic acids is 1. The molecular formula is C15H18N2O3. The first kappa shape index (κ1) is 13.1. The number of carboxylic acid groups (broad SMARTS) is 1. The molecule has 0 amide bonds. The van der Waals surface area contributed by atoms with E-state index < -0.39 is 5.97 Å². The summed E-state index contributed by atoms with van der Waals surface area (Å²) in [4.78, 5) is 15.7. The van der Waals surface area contributed by atoms with Crippen LogP contribution in [0.3, 0.4) is 0 Å². The molecule has 1 fully saturated rings. The number of aromatic nitrogens is 2. The molecule has 1 atom stereocenters. The topological polar surface area (TPSA) is 64.3 Å². The van der Waals surface area contributed by atoms with Crippen molar-refractivity contribution >= 4 is 17.0 Å². The van der Waals surface area contributed by atoms with Crippen LogP contribution in [-0.4, -0.2) is 33.8 Å². The maximum absolute atomic E-state index is 11.3. The van der Waals surface area contributed by atoms with Gasteiger partial charge in [0.25, 0.3) is 0 Å². The Hall–Kier alpha value is -1.88. The lowest BCUT2D eigenvalue weighted by Gasteiger charge is -2.23. The number of rotatable bonds is 3. The third-order valence-corrected chi connectivity index (χ3v) is 3.90. The van der Waals surface area contributed by atoms with Crippen LogP contribution in [0.4, 0.5) is 0 Å². The van der Waals surface area contributed by atoms with E-state index in [4.69, 9.17) is 4.74 Å². The molecule has 1 N–H and O–H groups in total.